The Morgan fingerprint density at radius 1 is 1.39 bits per heavy atom. The summed E-state index contributed by atoms with van der Waals surface area (Å²) in [6, 6.07) is 1.62. The number of nitrogens with one attached hydrogen (secondary N) is 1. The molecule has 0 aliphatic carbocycles. The zero-order valence-corrected chi connectivity index (χ0v) is 9.80. The molecule has 1 N–H and O–H groups in total. The van der Waals surface area contributed by atoms with E-state index >= 15 is 0 Å². The number of pyridine rings is 1. The smallest absolute Gasteiger partial charge is 0.351 e. The standard InChI is InChI=1S/C12H14F3N3/c13-12(14,15)9-5-8-1-2-10-7-16-3-4-18(10)11(8)17-6-9/h5-6,10,16H,1-4,7H2/t10-/m1/s1. The molecule has 18 heavy (non-hydrogen) atoms. The van der Waals surface area contributed by atoms with Gasteiger partial charge >= 0.3 is 6.18 Å². The molecule has 0 amide bonds. The third kappa shape index (κ3) is 1.94. The van der Waals surface area contributed by atoms with E-state index in [0.717, 1.165) is 43.6 Å². The lowest BCUT2D eigenvalue weighted by atomic mass is 9.96. The third-order valence-corrected chi connectivity index (χ3v) is 3.64. The number of rotatable bonds is 0. The van der Waals surface area contributed by atoms with Gasteiger partial charge in [0.15, 0.2) is 0 Å². The first-order valence-corrected chi connectivity index (χ1v) is 6.09. The van der Waals surface area contributed by atoms with Gasteiger partial charge in [-0.2, -0.15) is 13.2 Å². The zero-order valence-electron chi connectivity index (χ0n) is 9.80. The molecule has 0 aromatic carbocycles. The van der Waals surface area contributed by atoms with Crippen molar-refractivity contribution in [2.75, 3.05) is 24.5 Å². The minimum absolute atomic E-state index is 0.371. The first-order chi connectivity index (χ1) is 8.55. The summed E-state index contributed by atoms with van der Waals surface area (Å²) in [7, 11) is 0. The minimum Gasteiger partial charge on any atom is -0.351 e. The van der Waals surface area contributed by atoms with Gasteiger partial charge in [0.05, 0.1) is 5.56 Å². The van der Waals surface area contributed by atoms with Gasteiger partial charge in [0.25, 0.3) is 0 Å². The first kappa shape index (κ1) is 11.8. The second kappa shape index (κ2) is 4.12. The van der Waals surface area contributed by atoms with Gasteiger partial charge in [-0.05, 0) is 24.5 Å². The fourth-order valence-electron chi connectivity index (χ4n) is 2.72. The molecule has 1 saturated heterocycles. The van der Waals surface area contributed by atoms with Crippen LogP contribution in [-0.2, 0) is 12.6 Å². The molecule has 2 aliphatic rings. The summed E-state index contributed by atoms with van der Waals surface area (Å²) >= 11 is 0. The lowest BCUT2D eigenvalue weighted by molar-refractivity contribution is -0.137. The van der Waals surface area contributed by atoms with Crippen LogP contribution in [0.25, 0.3) is 0 Å². The molecule has 1 aromatic heterocycles. The Morgan fingerprint density at radius 2 is 2.22 bits per heavy atom. The van der Waals surface area contributed by atoms with Crippen LogP contribution >= 0.6 is 0 Å². The van der Waals surface area contributed by atoms with Crippen molar-refractivity contribution >= 4 is 5.82 Å². The quantitative estimate of drug-likeness (QED) is 0.768. The van der Waals surface area contributed by atoms with Gasteiger partial charge in [-0.25, -0.2) is 4.98 Å². The molecular formula is C12H14F3N3. The second-order valence-corrected chi connectivity index (χ2v) is 4.79. The SMILES string of the molecule is FC(F)(F)c1cnc2c(c1)CC[C@@H]1CNCCN21. The minimum atomic E-state index is -4.30. The van der Waals surface area contributed by atoms with Gasteiger partial charge in [0.2, 0.25) is 0 Å². The van der Waals surface area contributed by atoms with Crippen molar-refractivity contribution in [3.63, 3.8) is 0 Å². The lowest BCUT2D eigenvalue weighted by Gasteiger charge is -2.41. The number of anilines is 1. The number of alkyl halides is 3. The highest BCUT2D eigenvalue weighted by molar-refractivity contribution is 5.52. The molecule has 98 valence electrons. The van der Waals surface area contributed by atoms with E-state index in [1.807, 2.05) is 0 Å². The van der Waals surface area contributed by atoms with Gasteiger partial charge in [-0.15, -0.1) is 0 Å². The molecule has 3 heterocycles. The molecule has 3 rings (SSSR count). The summed E-state index contributed by atoms with van der Waals surface area (Å²) in [6.07, 6.45) is -1.79. The number of halogens is 3. The summed E-state index contributed by atoms with van der Waals surface area (Å²) in [5.74, 6) is 0.737. The van der Waals surface area contributed by atoms with Crippen LogP contribution in [-0.4, -0.2) is 30.7 Å². The van der Waals surface area contributed by atoms with Crippen LogP contribution in [0.3, 0.4) is 0 Å². The number of hydrogen-bond donors (Lipinski definition) is 1. The molecule has 0 radical (unpaired) electrons. The Labute approximate surface area is 103 Å². The molecule has 0 bridgehead atoms. The Bertz CT molecular complexity index is 458. The molecule has 2 aliphatic heterocycles. The van der Waals surface area contributed by atoms with Crippen LogP contribution in [0.1, 0.15) is 17.5 Å². The average Bonchev–Trinajstić information content (AvgIpc) is 2.37. The Balaban J connectivity index is 1.96. The van der Waals surface area contributed by atoms with Crippen LogP contribution in [0, 0.1) is 0 Å². The van der Waals surface area contributed by atoms with Gasteiger partial charge < -0.3 is 10.2 Å². The summed E-state index contributed by atoms with van der Waals surface area (Å²) in [5.41, 5.74) is 0.0813. The van der Waals surface area contributed by atoms with Gasteiger partial charge in [-0.3, -0.25) is 0 Å². The van der Waals surface area contributed by atoms with E-state index in [-0.39, 0.29) is 0 Å². The number of piperazine rings is 1. The van der Waals surface area contributed by atoms with Crippen molar-refractivity contribution in [2.45, 2.75) is 25.1 Å². The van der Waals surface area contributed by atoms with Gasteiger partial charge in [-0.1, -0.05) is 0 Å². The maximum Gasteiger partial charge on any atom is 0.417 e. The first-order valence-electron chi connectivity index (χ1n) is 6.09. The summed E-state index contributed by atoms with van der Waals surface area (Å²) in [5, 5.41) is 3.30. The topological polar surface area (TPSA) is 28.2 Å². The van der Waals surface area contributed by atoms with E-state index in [9.17, 15) is 13.2 Å². The van der Waals surface area contributed by atoms with E-state index in [2.05, 4.69) is 15.2 Å². The predicted molar refractivity (Wildman–Crippen MR) is 61.6 cm³/mol. The fraction of sp³-hybridized carbons (Fsp3) is 0.583. The van der Waals surface area contributed by atoms with Crippen LogP contribution in [0.5, 0.6) is 0 Å². The Hall–Kier alpha value is -1.30. The normalized spacial score (nSPS) is 23.5. The average molecular weight is 257 g/mol. The number of aromatic nitrogens is 1. The molecule has 0 saturated carbocycles. The van der Waals surface area contributed by atoms with Crippen LogP contribution in [0.4, 0.5) is 19.0 Å². The Kier molecular flexibility index (Phi) is 2.69. The molecule has 1 aromatic rings. The number of nitrogens with zero attached hydrogens (tertiary/aromatic N) is 2. The number of aryl methyl sites for hydroxylation is 1. The van der Waals surface area contributed by atoms with Crippen LogP contribution < -0.4 is 10.2 Å². The van der Waals surface area contributed by atoms with Crippen LogP contribution in [0.2, 0.25) is 0 Å². The van der Waals surface area contributed by atoms with E-state index in [4.69, 9.17) is 0 Å². The number of fused-ring (bicyclic) bond motifs is 3. The number of hydrogen-bond acceptors (Lipinski definition) is 3. The van der Waals surface area contributed by atoms with Crippen molar-refractivity contribution < 1.29 is 13.2 Å². The van der Waals surface area contributed by atoms with Gasteiger partial charge in [0.1, 0.15) is 5.82 Å². The molecule has 1 fully saturated rings. The summed E-state index contributed by atoms with van der Waals surface area (Å²) in [6.45, 7) is 2.57. The van der Waals surface area contributed by atoms with E-state index in [1.165, 1.54) is 6.07 Å². The van der Waals surface area contributed by atoms with Crippen molar-refractivity contribution in [3.8, 4) is 0 Å². The highest BCUT2D eigenvalue weighted by Gasteiger charge is 2.34. The van der Waals surface area contributed by atoms with Crippen LogP contribution in [0.15, 0.2) is 12.3 Å². The van der Waals surface area contributed by atoms with E-state index < -0.39 is 11.7 Å². The van der Waals surface area contributed by atoms with E-state index in [0.29, 0.717) is 12.5 Å². The molecule has 0 unspecified atom stereocenters. The van der Waals surface area contributed by atoms with Crippen molar-refractivity contribution in [1.82, 2.24) is 10.3 Å². The summed E-state index contributed by atoms with van der Waals surface area (Å²) < 4.78 is 37.9. The maximum absolute atomic E-state index is 12.6. The monoisotopic (exact) mass is 257 g/mol. The highest BCUT2D eigenvalue weighted by Crippen LogP contribution is 2.35. The maximum atomic E-state index is 12.6. The third-order valence-electron chi connectivity index (χ3n) is 3.64. The van der Waals surface area contributed by atoms with E-state index in [1.54, 1.807) is 0 Å². The predicted octanol–water partition coefficient (Wildman–Crippen LogP) is 1.82. The second-order valence-electron chi connectivity index (χ2n) is 4.79. The molecule has 1 atom stereocenters. The molecule has 6 heteroatoms. The zero-order chi connectivity index (χ0) is 12.8. The Morgan fingerprint density at radius 3 is 3.00 bits per heavy atom. The highest BCUT2D eigenvalue weighted by atomic mass is 19.4. The molecular weight excluding hydrogens is 243 g/mol. The lowest BCUT2D eigenvalue weighted by Crippen LogP contribution is -2.53. The largest absolute Gasteiger partial charge is 0.417 e. The fourth-order valence-corrected chi connectivity index (χ4v) is 2.72. The van der Waals surface area contributed by atoms with Crippen molar-refractivity contribution in [1.29, 1.82) is 0 Å². The molecule has 0 spiro atoms. The summed E-state index contributed by atoms with van der Waals surface area (Å²) in [4.78, 5) is 6.18. The van der Waals surface area contributed by atoms with Crippen molar-refractivity contribution in [2.24, 2.45) is 0 Å². The van der Waals surface area contributed by atoms with Gasteiger partial charge in [0, 0.05) is 31.9 Å². The van der Waals surface area contributed by atoms with Crippen molar-refractivity contribution in [3.05, 3.63) is 23.4 Å². The molecule has 3 nitrogen and oxygen atoms in total.